The standard InChI is InChI=1S/C15H20N2O/c1-15(2,11-16)13-3-5-14(6-4-13)17-9-12-7-8-18-10-12/h3-6,12,17H,7-10H2,1-2H3. The number of ether oxygens (including phenoxy) is 1. The predicted octanol–water partition coefficient (Wildman–Crippen LogP) is 2.94. The average molecular weight is 244 g/mol. The number of benzene rings is 1. The molecule has 18 heavy (non-hydrogen) atoms. The third-order valence-corrected chi connectivity index (χ3v) is 3.50. The minimum atomic E-state index is -0.419. The molecule has 1 fully saturated rings. The lowest BCUT2D eigenvalue weighted by atomic mass is 9.86. The molecule has 3 heteroatoms. The molecule has 1 N–H and O–H groups in total. The van der Waals surface area contributed by atoms with Gasteiger partial charge >= 0.3 is 0 Å². The first-order valence-electron chi connectivity index (χ1n) is 6.45. The third-order valence-electron chi connectivity index (χ3n) is 3.50. The highest BCUT2D eigenvalue weighted by atomic mass is 16.5. The van der Waals surface area contributed by atoms with Gasteiger partial charge in [0, 0.05) is 24.8 Å². The van der Waals surface area contributed by atoms with E-state index in [0.29, 0.717) is 5.92 Å². The fraction of sp³-hybridized carbons (Fsp3) is 0.533. The SMILES string of the molecule is CC(C)(C#N)c1ccc(NCC2CCOC2)cc1. The number of hydrogen-bond acceptors (Lipinski definition) is 3. The molecule has 3 nitrogen and oxygen atoms in total. The van der Waals surface area contributed by atoms with Crippen LogP contribution in [0.5, 0.6) is 0 Å². The molecule has 0 aromatic heterocycles. The monoisotopic (exact) mass is 244 g/mol. The van der Waals surface area contributed by atoms with E-state index in [1.54, 1.807) is 0 Å². The van der Waals surface area contributed by atoms with Gasteiger partial charge in [-0.05, 0) is 38.0 Å². The van der Waals surface area contributed by atoms with Crippen LogP contribution >= 0.6 is 0 Å². The van der Waals surface area contributed by atoms with E-state index in [2.05, 4.69) is 11.4 Å². The topological polar surface area (TPSA) is 45.0 Å². The number of rotatable bonds is 4. The zero-order valence-electron chi connectivity index (χ0n) is 11.1. The van der Waals surface area contributed by atoms with Crippen LogP contribution in [0.4, 0.5) is 5.69 Å². The van der Waals surface area contributed by atoms with Gasteiger partial charge in [0.2, 0.25) is 0 Å². The van der Waals surface area contributed by atoms with E-state index >= 15 is 0 Å². The minimum absolute atomic E-state index is 0.419. The number of nitrogens with one attached hydrogen (secondary N) is 1. The molecule has 0 spiro atoms. The Morgan fingerprint density at radius 2 is 2.11 bits per heavy atom. The van der Waals surface area contributed by atoms with Crippen LogP contribution in [0.1, 0.15) is 25.8 Å². The van der Waals surface area contributed by atoms with Crippen molar-refractivity contribution in [1.29, 1.82) is 5.26 Å². The maximum atomic E-state index is 9.08. The van der Waals surface area contributed by atoms with Gasteiger partial charge in [0.25, 0.3) is 0 Å². The molecular weight excluding hydrogens is 224 g/mol. The highest BCUT2D eigenvalue weighted by molar-refractivity contribution is 5.47. The van der Waals surface area contributed by atoms with Gasteiger partial charge in [-0.3, -0.25) is 0 Å². The van der Waals surface area contributed by atoms with Crippen molar-refractivity contribution >= 4 is 5.69 Å². The van der Waals surface area contributed by atoms with Crippen LogP contribution < -0.4 is 5.32 Å². The van der Waals surface area contributed by atoms with E-state index in [1.807, 2.05) is 38.1 Å². The maximum absolute atomic E-state index is 9.08. The summed E-state index contributed by atoms with van der Waals surface area (Å²) in [7, 11) is 0. The van der Waals surface area contributed by atoms with Crippen molar-refractivity contribution in [3.05, 3.63) is 29.8 Å². The summed E-state index contributed by atoms with van der Waals surface area (Å²) in [6.45, 7) is 6.59. The summed E-state index contributed by atoms with van der Waals surface area (Å²) in [5, 5.41) is 12.5. The molecule has 0 bridgehead atoms. The van der Waals surface area contributed by atoms with Crippen molar-refractivity contribution in [1.82, 2.24) is 0 Å². The summed E-state index contributed by atoms with van der Waals surface area (Å²) in [6, 6.07) is 10.5. The maximum Gasteiger partial charge on any atom is 0.0766 e. The van der Waals surface area contributed by atoms with Crippen LogP contribution in [-0.2, 0) is 10.2 Å². The number of hydrogen-bond donors (Lipinski definition) is 1. The summed E-state index contributed by atoms with van der Waals surface area (Å²) < 4.78 is 5.35. The van der Waals surface area contributed by atoms with Gasteiger partial charge in [-0.15, -0.1) is 0 Å². The third kappa shape index (κ3) is 3.02. The lowest BCUT2D eigenvalue weighted by Gasteiger charge is -2.17. The first kappa shape index (κ1) is 12.9. The van der Waals surface area contributed by atoms with Gasteiger partial charge in [0.15, 0.2) is 0 Å². The molecule has 96 valence electrons. The molecule has 1 aromatic carbocycles. The molecule has 1 heterocycles. The van der Waals surface area contributed by atoms with Crippen LogP contribution in [0.2, 0.25) is 0 Å². The van der Waals surface area contributed by atoms with Gasteiger partial charge in [0.1, 0.15) is 0 Å². The first-order chi connectivity index (χ1) is 8.62. The van der Waals surface area contributed by atoms with Crippen LogP contribution in [0.25, 0.3) is 0 Å². The summed E-state index contributed by atoms with van der Waals surface area (Å²) >= 11 is 0. The van der Waals surface area contributed by atoms with E-state index in [0.717, 1.165) is 37.4 Å². The Hall–Kier alpha value is -1.53. The van der Waals surface area contributed by atoms with Crippen molar-refractivity contribution < 1.29 is 4.74 Å². The summed E-state index contributed by atoms with van der Waals surface area (Å²) in [4.78, 5) is 0. The molecule has 1 atom stereocenters. The van der Waals surface area contributed by atoms with Gasteiger partial charge in [-0.2, -0.15) is 5.26 Å². The van der Waals surface area contributed by atoms with Crippen LogP contribution in [0.15, 0.2) is 24.3 Å². The van der Waals surface area contributed by atoms with E-state index < -0.39 is 5.41 Å². The minimum Gasteiger partial charge on any atom is -0.385 e. The molecule has 1 aliphatic heterocycles. The highest BCUT2D eigenvalue weighted by Crippen LogP contribution is 2.23. The fourth-order valence-corrected chi connectivity index (χ4v) is 2.08. The normalized spacial score (nSPS) is 19.5. The van der Waals surface area contributed by atoms with E-state index in [9.17, 15) is 0 Å². The van der Waals surface area contributed by atoms with Crippen molar-refractivity contribution in [3.63, 3.8) is 0 Å². The quantitative estimate of drug-likeness (QED) is 0.885. The zero-order valence-corrected chi connectivity index (χ0v) is 11.1. The Kier molecular flexibility index (Phi) is 3.88. The average Bonchev–Trinajstić information content (AvgIpc) is 2.90. The van der Waals surface area contributed by atoms with Gasteiger partial charge in [-0.25, -0.2) is 0 Å². The summed E-state index contributed by atoms with van der Waals surface area (Å²) in [6.07, 6.45) is 1.15. The largest absolute Gasteiger partial charge is 0.385 e. The van der Waals surface area contributed by atoms with E-state index in [4.69, 9.17) is 10.00 Å². The Balaban J connectivity index is 1.93. The van der Waals surface area contributed by atoms with Crippen molar-refractivity contribution in [3.8, 4) is 6.07 Å². The Morgan fingerprint density at radius 1 is 1.39 bits per heavy atom. The van der Waals surface area contributed by atoms with Crippen LogP contribution in [0, 0.1) is 17.2 Å². The van der Waals surface area contributed by atoms with E-state index in [-0.39, 0.29) is 0 Å². The number of anilines is 1. The molecule has 0 saturated carbocycles. The lowest BCUT2D eigenvalue weighted by molar-refractivity contribution is 0.187. The molecule has 1 aliphatic rings. The van der Waals surface area contributed by atoms with Gasteiger partial charge in [0.05, 0.1) is 18.1 Å². The second-order valence-electron chi connectivity index (χ2n) is 5.42. The predicted molar refractivity (Wildman–Crippen MR) is 72.5 cm³/mol. The molecule has 0 amide bonds. The molecule has 0 radical (unpaired) electrons. The highest BCUT2D eigenvalue weighted by Gasteiger charge is 2.19. The summed E-state index contributed by atoms with van der Waals surface area (Å²) in [5.74, 6) is 0.625. The van der Waals surface area contributed by atoms with Crippen LogP contribution in [-0.4, -0.2) is 19.8 Å². The van der Waals surface area contributed by atoms with Crippen LogP contribution in [0.3, 0.4) is 0 Å². The first-order valence-corrected chi connectivity index (χ1v) is 6.45. The van der Waals surface area contributed by atoms with Crippen molar-refractivity contribution in [2.24, 2.45) is 5.92 Å². The van der Waals surface area contributed by atoms with Gasteiger partial charge in [-0.1, -0.05) is 12.1 Å². The molecule has 1 aromatic rings. The lowest BCUT2D eigenvalue weighted by Crippen LogP contribution is -2.15. The fourth-order valence-electron chi connectivity index (χ4n) is 2.08. The smallest absolute Gasteiger partial charge is 0.0766 e. The second-order valence-corrected chi connectivity index (χ2v) is 5.42. The van der Waals surface area contributed by atoms with Crippen molar-refractivity contribution in [2.45, 2.75) is 25.7 Å². The molecule has 1 unspecified atom stereocenters. The molecule has 0 aliphatic carbocycles. The molecule has 1 saturated heterocycles. The van der Waals surface area contributed by atoms with Gasteiger partial charge < -0.3 is 10.1 Å². The van der Waals surface area contributed by atoms with E-state index in [1.165, 1.54) is 0 Å². The Labute approximate surface area is 109 Å². The molecular formula is C15H20N2O. The van der Waals surface area contributed by atoms with Crippen molar-refractivity contribution in [2.75, 3.05) is 25.1 Å². The zero-order chi connectivity index (χ0) is 13.0. The second kappa shape index (κ2) is 5.41. The summed E-state index contributed by atoms with van der Waals surface area (Å²) in [5.41, 5.74) is 1.75. The Morgan fingerprint density at radius 3 is 2.67 bits per heavy atom. The molecule has 2 rings (SSSR count). The number of nitriles is 1. The number of nitrogens with zero attached hydrogens (tertiary/aromatic N) is 1. The Bertz CT molecular complexity index is 425.